The molecule has 0 fully saturated rings. The molecule has 0 aliphatic carbocycles. The van der Waals surface area contributed by atoms with Crippen LogP contribution in [0.4, 0.5) is 0 Å². The van der Waals surface area contributed by atoms with Gasteiger partial charge in [0.2, 0.25) is 0 Å². The summed E-state index contributed by atoms with van der Waals surface area (Å²) in [7, 11) is 0. The number of hydrogen-bond acceptors (Lipinski definition) is 2. The lowest BCUT2D eigenvalue weighted by Gasteiger charge is -2.18. The third-order valence-electron chi connectivity index (χ3n) is 2.48. The van der Waals surface area contributed by atoms with Crippen molar-refractivity contribution in [1.82, 2.24) is 5.32 Å². The van der Waals surface area contributed by atoms with Gasteiger partial charge in [-0.05, 0) is 36.6 Å². The van der Waals surface area contributed by atoms with Crippen LogP contribution in [0, 0.1) is 5.41 Å². The van der Waals surface area contributed by atoms with E-state index in [0.29, 0.717) is 17.0 Å². The van der Waals surface area contributed by atoms with Gasteiger partial charge in [0, 0.05) is 11.0 Å². The van der Waals surface area contributed by atoms with Gasteiger partial charge in [-0.1, -0.05) is 48.3 Å². The fraction of sp³-hybridized carbons (Fsp3) is 0.571. The Morgan fingerprint density at radius 2 is 2.00 bits per heavy atom. The summed E-state index contributed by atoms with van der Waals surface area (Å²) in [6.45, 7) is 9.21. The van der Waals surface area contributed by atoms with Crippen molar-refractivity contribution < 1.29 is 4.74 Å². The Hall–Kier alpha value is -0.250. The molecule has 0 aliphatic rings. The second-order valence-corrected chi connectivity index (χ2v) is 6.81. The van der Waals surface area contributed by atoms with Crippen LogP contribution in [-0.2, 0) is 0 Å². The first-order valence-electron chi connectivity index (χ1n) is 6.17. The molecule has 0 amide bonds. The molecule has 2 nitrogen and oxygen atoms in total. The Morgan fingerprint density at radius 1 is 1.28 bits per heavy atom. The minimum absolute atomic E-state index is 0.378. The van der Waals surface area contributed by atoms with E-state index in [0.717, 1.165) is 29.7 Å². The number of halogens is 2. The van der Waals surface area contributed by atoms with Crippen LogP contribution in [0.2, 0.25) is 5.02 Å². The topological polar surface area (TPSA) is 21.3 Å². The van der Waals surface area contributed by atoms with Gasteiger partial charge >= 0.3 is 0 Å². The van der Waals surface area contributed by atoms with E-state index in [1.54, 1.807) is 0 Å². The molecule has 0 aliphatic heterocycles. The Balaban J connectivity index is 2.18. The fourth-order valence-electron chi connectivity index (χ4n) is 1.41. The lowest BCUT2D eigenvalue weighted by Crippen LogP contribution is -2.25. The molecule has 102 valence electrons. The van der Waals surface area contributed by atoms with E-state index in [4.69, 9.17) is 16.3 Å². The average Bonchev–Trinajstić information content (AvgIpc) is 2.24. The maximum Gasteiger partial charge on any atom is 0.138 e. The molecule has 0 aromatic heterocycles. The van der Waals surface area contributed by atoms with Crippen LogP contribution < -0.4 is 10.1 Å². The highest BCUT2D eigenvalue weighted by atomic mass is 79.9. The van der Waals surface area contributed by atoms with Crippen molar-refractivity contribution in [2.24, 2.45) is 5.41 Å². The fourth-order valence-corrected chi connectivity index (χ4v) is 2.14. The summed E-state index contributed by atoms with van der Waals surface area (Å²) < 4.78 is 6.57. The summed E-state index contributed by atoms with van der Waals surface area (Å²) in [5, 5.41) is 4.00. The van der Waals surface area contributed by atoms with Crippen LogP contribution in [0.5, 0.6) is 5.75 Å². The zero-order valence-electron chi connectivity index (χ0n) is 11.2. The summed E-state index contributed by atoms with van der Waals surface area (Å²) in [6.07, 6.45) is 1.16. The summed E-state index contributed by atoms with van der Waals surface area (Å²) in [5.41, 5.74) is 0.378. The van der Waals surface area contributed by atoms with Gasteiger partial charge in [-0.25, -0.2) is 0 Å². The summed E-state index contributed by atoms with van der Waals surface area (Å²) in [6, 6.07) is 5.64. The highest BCUT2D eigenvalue weighted by Crippen LogP contribution is 2.27. The summed E-state index contributed by atoms with van der Waals surface area (Å²) >= 11 is 9.42. The normalized spacial score (nSPS) is 11.6. The molecule has 0 atom stereocenters. The number of rotatable bonds is 6. The van der Waals surface area contributed by atoms with Crippen molar-refractivity contribution in [3.05, 3.63) is 27.7 Å². The van der Waals surface area contributed by atoms with Crippen molar-refractivity contribution in [3.63, 3.8) is 0 Å². The maximum absolute atomic E-state index is 6.05. The van der Waals surface area contributed by atoms with Gasteiger partial charge in [0.05, 0.1) is 5.02 Å². The molecular formula is C14H21BrClNO. The van der Waals surface area contributed by atoms with Crippen molar-refractivity contribution >= 4 is 27.5 Å². The molecule has 1 N–H and O–H groups in total. The highest BCUT2D eigenvalue weighted by molar-refractivity contribution is 9.10. The van der Waals surface area contributed by atoms with Crippen molar-refractivity contribution in [1.29, 1.82) is 0 Å². The van der Waals surface area contributed by atoms with Crippen LogP contribution in [0.3, 0.4) is 0 Å². The van der Waals surface area contributed by atoms with E-state index in [-0.39, 0.29) is 0 Å². The van der Waals surface area contributed by atoms with Crippen LogP contribution in [0.25, 0.3) is 0 Å². The number of ether oxygens (including phenoxy) is 1. The van der Waals surface area contributed by atoms with Crippen LogP contribution in [-0.4, -0.2) is 19.7 Å². The standard InChI is InChI=1S/C14H21BrClNO/c1-14(2,3)6-7-17-8-9-18-13-5-4-11(15)10-12(13)16/h4-5,10,17H,6-9H2,1-3H3. The minimum Gasteiger partial charge on any atom is -0.491 e. The first-order chi connectivity index (χ1) is 8.38. The van der Waals surface area contributed by atoms with Crippen LogP contribution >= 0.6 is 27.5 Å². The molecule has 0 saturated heterocycles. The molecule has 0 radical (unpaired) electrons. The average molecular weight is 335 g/mol. The second kappa shape index (κ2) is 7.37. The SMILES string of the molecule is CC(C)(C)CCNCCOc1ccc(Br)cc1Cl. The van der Waals surface area contributed by atoms with Crippen molar-refractivity contribution in [2.45, 2.75) is 27.2 Å². The van der Waals surface area contributed by atoms with Crippen LogP contribution in [0.1, 0.15) is 27.2 Å². The molecular weight excluding hydrogens is 314 g/mol. The predicted molar refractivity (Wildman–Crippen MR) is 81.6 cm³/mol. The Bertz CT molecular complexity index is 377. The largest absolute Gasteiger partial charge is 0.491 e. The van der Waals surface area contributed by atoms with Gasteiger partial charge in [-0.3, -0.25) is 0 Å². The first kappa shape index (κ1) is 15.8. The van der Waals surface area contributed by atoms with Crippen LogP contribution in [0.15, 0.2) is 22.7 Å². The van der Waals surface area contributed by atoms with E-state index < -0.39 is 0 Å². The van der Waals surface area contributed by atoms with E-state index in [1.807, 2.05) is 18.2 Å². The van der Waals surface area contributed by atoms with Gasteiger partial charge in [-0.15, -0.1) is 0 Å². The van der Waals surface area contributed by atoms with Gasteiger partial charge in [0.15, 0.2) is 0 Å². The zero-order valence-corrected chi connectivity index (χ0v) is 13.6. The first-order valence-corrected chi connectivity index (χ1v) is 7.34. The second-order valence-electron chi connectivity index (χ2n) is 5.48. The van der Waals surface area contributed by atoms with Crippen molar-refractivity contribution in [3.8, 4) is 5.75 Å². The lowest BCUT2D eigenvalue weighted by atomic mass is 9.92. The molecule has 0 saturated carbocycles. The Kier molecular flexibility index (Phi) is 6.47. The summed E-state index contributed by atoms with van der Waals surface area (Å²) in [4.78, 5) is 0. The molecule has 1 rings (SSSR count). The molecule has 0 unspecified atom stereocenters. The zero-order chi connectivity index (χ0) is 13.6. The van der Waals surface area contributed by atoms with E-state index in [1.165, 1.54) is 0 Å². The monoisotopic (exact) mass is 333 g/mol. The van der Waals surface area contributed by atoms with E-state index in [2.05, 4.69) is 42.0 Å². The molecule has 0 spiro atoms. The third kappa shape index (κ3) is 6.62. The Labute approximate surface area is 123 Å². The summed E-state index contributed by atoms with van der Waals surface area (Å²) in [5.74, 6) is 0.734. The molecule has 0 heterocycles. The van der Waals surface area contributed by atoms with E-state index in [9.17, 15) is 0 Å². The maximum atomic E-state index is 6.05. The Morgan fingerprint density at radius 3 is 2.61 bits per heavy atom. The molecule has 18 heavy (non-hydrogen) atoms. The predicted octanol–water partition coefficient (Wildman–Crippen LogP) is 4.51. The molecule has 1 aromatic carbocycles. The smallest absolute Gasteiger partial charge is 0.138 e. The van der Waals surface area contributed by atoms with Gasteiger partial charge in [0.25, 0.3) is 0 Å². The number of nitrogens with one attached hydrogen (secondary N) is 1. The molecule has 4 heteroatoms. The minimum atomic E-state index is 0.378. The number of benzene rings is 1. The van der Waals surface area contributed by atoms with E-state index >= 15 is 0 Å². The number of hydrogen-bond donors (Lipinski definition) is 1. The highest BCUT2D eigenvalue weighted by Gasteiger charge is 2.08. The quantitative estimate of drug-likeness (QED) is 0.773. The lowest BCUT2D eigenvalue weighted by molar-refractivity contribution is 0.304. The van der Waals surface area contributed by atoms with Gasteiger partial charge in [0.1, 0.15) is 12.4 Å². The molecule has 0 bridgehead atoms. The molecule has 1 aromatic rings. The third-order valence-corrected chi connectivity index (χ3v) is 3.27. The van der Waals surface area contributed by atoms with Crippen molar-refractivity contribution in [2.75, 3.05) is 19.7 Å². The van der Waals surface area contributed by atoms with Gasteiger partial charge in [-0.2, -0.15) is 0 Å². The van der Waals surface area contributed by atoms with Gasteiger partial charge < -0.3 is 10.1 Å².